The standard InChI is InChI=1S/C12H15NO2S/c1-3-12(4-2)13-16(14,15)10-11-8-6-5-7-9-11/h3-9,13H,1,10H2,2H3/b12-4+. The maximum Gasteiger partial charge on any atom is 0.236 e. The summed E-state index contributed by atoms with van der Waals surface area (Å²) in [6.45, 7) is 5.28. The second-order valence-corrected chi connectivity index (χ2v) is 5.02. The molecule has 0 bridgehead atoms. The lowest BCUT2D eigenvalue weighted by Crippen LogP contribution is -2.23. The first-order valence-electron chi connectivity index (χ1n) is 4.90. The normalized spacial score (nSPS) is 12.2. The molecule has 16 heavy (non-hydrogen) atoms. The van der Waals surface area contributed by atoms with Crippen LogP contribution in [0.25, 0.3) is 0 Å². The van der Waals surface area contributed by atoms with Gasteiger partial charge < -0.3 is 0 Å². The molecule has 0 unspecified atom stereocenters. The summed E-state index contributed by atoms with van der Waals surface area (Å²) in [5, 5.41) is 0. The van der Waals surface area contributed by atoms with Crippen LogP contribution in [-0.2, 0) is 15.8 Å². The lowest BCUT2D eigenvalue weighted by molar-refractivity contribution is 0.588. The van der Waals surface area contributed by atoms with Gasteiger partial charge in [0.15, 0.2) is 0 Å². The van der Waals surface area contributed by atoms with Crippen LogP contribution >= 0.6 is 0 Å². The predicted molar refractivity (Wildman–Crippen MR) is 66.2 cm³/mol. The highest BCUT2D eigenvalue weighted by atomic mass is 32.2. The minimum Gasteiger partial charge on any atom is -0.284 e. The van der Waals surface area contributed by atoms with Crippen LogP contribution in [0.5, 0.6) is 0 Å². The van der Waals surface area contributed by atoms with E-state index in [1.807, 2.05) is 18.2 Å². The monoisotopic (exact) mass is 237 g/mol. The third kappa shape index (κ3) is 3.90. The number of hydrogen-bond donors (Lipinski definition) is 1. The van der Waals surface area contributed by atoms with Crippen LogP contribution in [0.2, 0.25) is 0 Å². The first kappa shape index (κ1) is 12.5. The molecule has 0 saturated carbocycles. The van der Waals surface area contributed by atoms with Crippen LogP contribution in [-0.4, -0.2) is 8.42 Å². The molecule has 0 heterocycles. The quantitative estimate of drug-likeness (QED) is 0.798. The average molecular weight is 237 g/mol. The topological polar surface area (TPSA) is 46.2 Å². The number of benzene rings is 1. The highest BCUT2D eigenvalue weighted by Gasteiger charge is 2.10. The smallest absolute Gasteiger partial charge is 0.236 e. The zero-order valence-corrected chi connectivity index (χ0v) is 10.00. The zero-order chi connectivity index (χ0) is 12.0. The third-order valence-electron chi connectivity index (χ3n) is 2.00. The summed E-state index contributed by atoms with van der Waals surface area (Å²) in [5.74, 6) is -0.0288. The van der Waals surface area contributed by atoms with Gasteiger partial charge in [0.2, 0.25) is 10.0 Å². The van der Waals surface area contributed by atoms with Gasteiger partial charge in [-0.25, -0.2) is 8.42 Å². The largest absolute Gasteiger partial charge is 0.284 e. The van der Waals surface area contributed by atoms with Crippen molar-refractivity contribution in [2.45, 2.75) is 12.7 Å². The van der Waals surface area contributed by atoms with Crippen molar-refractivity contribution < 1.29 is 8.42 Å². The number of allylic oxidation sites excluding steroid dienone is 2. The van der Waals surface area contributed by atoms with Crippen molar-refractivity contribution >= 4 is 10.0 Å². The predicted octanol–water partition coefficient (Wildman–Crippen LogP) is 2.20. The molecule has 3 nitrogen and oxygen atoms in total. The molecule has 1 rings (SSSR count). The Hall–Kier alpha value is -1.55. The summed E-state index contributed by atoms with van der Waals surface area (Å²) in [7, 11) is -3.35. The summed E-state index contributed by atoms with van der Waals surface area (Å²) in [6.07, 6.45) is 3.14. The fraction of sp³-hybridized carbons (Fsp3) is 0.167. The molecule has 0 fully saturated rings. The SMILES string of the molecule is C=C/C(=C\C)NS(=O)(=O)Cc1ccccc1. The molecule has 0 amide bonds. The van der Waals surface area contributed by atoms with Crippen LogP contribution < -0.4 is 4.72 Å². The first-order valence-corrected chi connectivity index (χ1v) is 6.56. The second kappa shape index (κ2) is 5.51. The van der Waals surface area contributed by atoms with Gasteiger partial charge in [0, 0.05) is 5.70 Å². The van der Waals surface area contributed by atoms with Gasteiger partial charge >= 0.3 is 0 Å². The molecular weight excluding hydrogens is 222 g/mol. The summed E-state index contributed by atoms with van der Waals surface area (Å²) < 4.78 is 25.9. The molecular formula is C12H15NO2S. The molecule has 1 N–H and O–H groups in total. The summed E-state index contributed by atoms with van der Waals surface area (Å²) >= 11 is 0. The van der Waals surface area contributed by atoms with Crippen molar-refractivity contribution in [2.75, 3.05) is 0 Å². The minimum atomic E-state index is -3.35. The van der Waals surface area contributed by atoms with Crippen molar-refractivity contribution in [3.63, 3.8) is 0 Å². The number of sulfonamides is 1. The van der Waals surface area contributed by atoms with Crippen molar-refractivity contribution in [1.82, 2.24) is 4.72 Å². The summed E-state index contributed by atoms with van der Waals surface area (Å²) in [4.78, 5) is 0. The highest BCUT2D eigenvalue weighted by molar-refractivity contribution is 7.88. The van der Waals surface area contributed by atoms with Crippen LogP contribution in [0.15, 0.2) is 54.8 Å². The molecule has 1 aromatic rings. The van der Waals surface area contributed by atoms with Gasteiger partial charge in [-0.2, -0.15) is 0 Å². The maximum atomic E-state index is 11.7. The van der Waals surface area contributed by atoms with Crippen molar-refractivity contribution in [3.05, 3.63) is 60.3 Å². The molecule has 4 heteroatoms. The van der Waals surface area contributed by atoms with Crippen LogP contribution in [0.3, 0.4) is 0 Å². The Labute approximate surface area is 96.6 Å². The Balaban J connectivity index is 2.77. The van der Waals surface area contributed by atoms with Gasteiger partial charge in [-0.05, 0) is 18.6 Å². The Bertz CT molecular complexity index is 475. The van der Waals surface area contributed by atoms with Gasteiger partial charge in [-0.1, -0.05) is 43.0 Å². The van der Waals surface area contributed by atoms with Crippen molar-refractivity contribution in [1.29, 1.82) is 0 Å². The van der Waals surface area contributed by atoms with E-state index in [4.69, 9.17) is 0 Å². The maximum absolute atomic E-state index is 11.7. The lowest BCUT2D eigenvalue weighted by Gasteiger charge is -2.08. The molecule has 0 aliphatic heterocycles. The molecule has 0 aromatic heterocycles. The molecule has 0 saturated heterocycles. The van der Waals surface area contributed by atoms with Crippen molar-refractivity contribution in [2.24, 2.45) is 0 Å². The summed E-state index contributed by atoms with van der Waals surface area (Å²) in [6, 6.07) is 9.04. The van der Waals surface area contributed by atoms with E-state index in [1.54, 1.807) is 25.1 Å². The van der Waals surface area contributed by atoms with E-state index in [9.17, 15) is 8.42 Å². The van der Waals surface area contributed by atoms with Crippen LogP contribution in [0, 0.1) is 0 Å². The Morgan fingerprint density at radius 2 is 2.00 bits per heavy atom. The minimum absolute atomic E-state index is 0.0288. The van der Waals surface area contributed by atoms with Gasteiger partial charge in [0.1, 0.15) is 0 Å². The van der Waals surface area contributed by atoms with E-state index in [1.165, 1.54) is 6.08 Å². The van der Waals surface area contributed by atoms with E-state index in [0.29, 0.717) is 5.70 Å². The van der Waals surface area contributed by atoms with E-state index >= 15 is 0 Å². The molecule has 0 atom stereocenters. The summed E-state index contributed by atoms with van der Waals surface area (Å²) in [5.41, 5.74) is 1.26. The highest BCUT2D eigenvalue weighted by Crippen LogP contribution is 2.05. The first-order chi connectivity index (χ1) is 7.57. The second-order valence-electron chi connectivity index (χ2n) is 3.29. The van der Waals surface area contributed by atoms with Crippen LogP contribution in [0.4, 0.5) is 0 Å². The molecule has 86 valence electrons. The molecule has 0 aliphatic rings. The van der Waals surface area contributed by atoms with Gasteiger partial charge in [-0.3, -0.25) is 4.72 Å². The molecule has 0 spiro atoms. The molecule has 1 aromatic carbocycles. The number of hydrogen-bond acceptors (Lipinski definition) is 2. The fourth-order valence-electron chi connectivity index (χ4n) is 1.23. The number of rotatable bonds is 5. The van der Waals surface area contributed by atoms with Gasteiger partial charge in [-0.15, -0.1) is 0 Å². The van der Waals surface area contributed by atoms with E-state index < -0.39 is 10.0 Å². The fourth-order valence-corrected chi connectivity index (χ4v) is 2.49. The Morgan fingerprint density at radius 3 is 2.50 bits per heavy atom. The van der Waals surface area contributed by atoms with Gasteiger partial charge in [0.05, 0.1) is 5.75 Å². The Kier molecular flexibility index (Phi) is 4.31. The van der Waals surface area contributed by atoms with E-state index in [0.717, 1.165) is 5.56 Å². The average Bonchev–Trinajstić information content (AvgIpc) is 2.26. The molecule has 0 aliphatic carbocycles. The van der Waals surface area contributed by atoms with E-state index in [-0.39, 0.29) is 5.75 Å². The van der Waals surface area contributed by atoms with E-state index in [2.05, 4.69) is 11.3 Å². The Morgan fingerprint density at radius 1 is 1.38 bits per heavy atom. The zero-order valence-electron chi connectivity index (χ0n) is 9.18. The molecule has 0 radical (unpaired) electrons. The number of nitrogens with one attached hydrogen (secondary N) is 1. The van der Waals surface area contributed by atoms with Crippen molar-refractivity contribution in [3.8, 4) is 0 Å². The van der Waals surface area contributed by atoms with Gasteiger partial charge in [0.25, 0.3) is 0 Å². The lowest BCUT2D eigenvalue weighted by atomic mass is 10.2. The third-order valence-corrected chi connectivity index (χ3v) is 3.26. The van der Waals surface area contributed by atoms with Crippen LogP contribution in [0.1, 0.15) is 12.5 Å².